The highest BCUT2D eigenvalue weighted by molar-refractivity contribution is 6.05. The molecule has 0 fully saturated rings. The largest absolute Gasteiger partial charge is 0.326 e. The van der Waals surface area contributed by atoms with Gasteiger partial charge >= 0.3 is 0 Å². The van der Waals surface area contributed by atoms with Crippen LogP contribution in [0.5, 0.6) is 0 Å². The van der Waals surface area contributed by atoms with E-state index in [1.165, 1.54) is 25.3 Å². The van der Waals surface area contributed by atoms with Crippen molar-refractivity contribution < 1.29 is 14.4 Å². The second kappa shape index (κ2) is 9.74. The maximum atomic E-state index is 13.5. The molecular weight excluding hydrogens is 442 g/mol. The number of hydrogen-bond acceptors (Lipinski definition) is 4. The number of aromatic nitrogens is 2. The van der Waals surface area contributed by atoms with E-state index in [4.69, 9.17) is 4.98 Å². The molecule has 2 N–H and O–H groups in total. The second-order valence-electron chi connectivity index (χ2n) is 9.15. The van der Waals surface area contributed by atoms with Crippen LogP contribution in [0.15, 0.2) is 60.2 Å². The van der Waals surface area contributed by atoms with Gasteiger partial charge in [-0.3, -0.25) is 23.9 Å². The van der Waals surface area contributed by atoms with Crippen LogP contribution in [-0.2, 0) is 14.4 Å². The van der Waals surface area contributed by atoms with E-state index in [1.54, 1.807) is 29.2 Å². The van der Waals surface area contributed by atoms with Crippen molar-refractivity contribution in [2.45, 2.75) is 51.5 Å². The molecule has 8 nitrogen and oxygen atoms in total. The molecule has 3 aromatic rings. The Labute approximate surface area is 204 Å². The second-order valence-corrected chi connectivity index (χ2v) is 9.15. The number of anilines is 3. The van der Waals surface area contributed by atoms with Crippen molar-refractivity contribution in [2.24, 2.45) is 0 Å². The fourth-order valence-corrected chi connectivity index (χ4v) is 4.92. The Morgan fingerprint density at radius 2 is 1.77 bits per heavy atom. The number of fused-ring (bicyclic) bond motifs is 3. The number of imidazole rings is 1. The first kappa shape index (κ1) is 22.8. The quantitative estimate of drug-likeness (QED) is 0.484. The maximum absolute atomic E-state index is 13.5. The van der Waals surface area contributed by atoms with E-state index in [-0.39, 0.29) is 24.1 Å². The van der Waals surface area contributed by atoms with Gasteiger partial charge < -0.3 is 10.6 Å². The summed E-state index contributed by atoms with van der Waals surface area (Å²) in [6, 6.07) is 14.0. The topological polar surface area (TPSA) is 96.3 Å². The number of amides is 3. The number of rotatable bonds is 7. The average molecular weight is 472 g/mol. The van der Waals surface area contributed by atoms with Gasteiger partial charge in [0.1, 0.15) is 6.04 Å². The van der Waals surface area contributed by atoms with Crippen LogP contribution in [0, 0.1) is 0 Å². The Hall–Kier alpha value is -3.94. The summed E-state index contributed by atoms with van der Waals surface area (Å²) in [5, 5.41) is 5.57. The van der Waals surface area contributed by atoms with Gasteiger partial charge in [-0.25, -0.2) is 4.98 Å². The standard InChI is InChI=1S/C27H29N5O3/c1-18(33)28-20-11-13-21(14-12-20)29-25(34)17-24-26(35)31(16-15-19-7-3-2-4-8-19)27-30-22-9-5-6-10-23(22)32(24)27/h5-7,9-14,24H,2-4,8,15-17H2,1H3,(H,28,33)(H,29,34). The summed E-state index contributed by atoms with van der Waals surface area (Å²) in [6.45, 7) is 2.01. The monoisotopic (exact) mass is 471 g/mol. The van der Waals surface area contributed by atoms with Gasteiger partial charge in [-0.15, -0.1) is 0 Å². The molecule has 1 aromatic heterocycles. The molecule has 1 atom stereocenters. The predicted molar refractivity (Wildman–Crippen MR) is 136 cm³/mol. The van der Waals surface area contributed by atoms with Gasteiger partial charge in [0, 0.05) is 24.8 Å². The van der Waals surface area contributed by atoms with Crippen LogP contribution in [0.4, 0.5) is 17.3 Å². The summed E-state index contributed by atoms with van der Waals surface area (Å²) in [7, 11) is 0. The van der Waals surface area contributed by atoms with Gasteiger partial charge in [0.15, 0.2) is 0 Å². The van der Waals surface area contributed by atoms with Crippen LogP contribution in [0.2, 0.25) is 0 Å². The van der Waals surface area contributed by atoms with Crippen LogP contribution < -0.4 is 15.5 Å². The summed E-state index contributed by atoms with van der Waals surface area (Å²) in [4.78, 5) is 44.2. The first-order chi connectivity index (χ1) is 17.0. The lowest BCUT2D eigenvalue weighted by atomic mass is 9.97. The van der Waals surface area contributed by atoms with E-state index in [9.17, 15) is 14.4 Å². The molecule has 180 valence electrons. The molecule has 1 aliphatic heterocycles. The SMILES string of the molecule is CC(=O)Nc1ccc(NC(=O)CC2C(=O)N(CCC3=CCCCC3)c3nc4ccccc4n32)cc1. The van der Waals surface area contributed by atoms with Gasteiger partial charge in [0.05, 0.1) is 17.5 Å². The molecule has 2 aromatic carbocycles. The first-order valence-electron chi connectivity index (χ1n) is 12.1. The highest BCUT2D eigenvalue weighted by Gasteiger charge is 2.40. The molecule has 8 heteroatoms. The van der Waals surface area contributed by atoms with Crippen LogP contribution in [0.1, 0.15) is 51.5 Å². The van der Waals surface area contributed by atoms with Gasteiger partial charge in [0.25, 0.3) is 5.91 Å². The third kappa shape index (κ3) is 4.82. The van der Waals surface area contributed by atoms with Crippen molar-refractivity contribution in [3.8, 4) is 0 Å². The molecule has 2 heterocycles. The van der Waals surface area contributed by atoms with Gasteiger partial charge in [-0.1, -0.05) is 23.8 Å². The Morgan fingerprint density at radius 3 is 2.49 bits per heavy atom. The predicted octanol–water partition coefficient (Wildman–Crippen LogP) is 4.80. The number of benzene rings is 2. The molecule has 35 heavy (non-hydrogen) atoms. The molecule has 0 radical (unpaired) electrons. The van der Waals surface area contributed by atoms with E-state index in [1.807, 2.05) is 28.8 Å². The zero-order chi connectivity index (χ0) is 24.4. The van der Waals surface area contributed by atoms with Gasteiger partial charge in [-0.05, 0) is 68.5 Å². The normalized spacial score (nSPS) is 17.3. The Kier molecular flexibility index (Phi) is 6.35. The van der Waals surface area contributed by atoms with E-state index in [2.05, 4.69) is 16.7 Å². The zero-order valence-corrected chi connectivity index (χ0v) is 19.8. The van der Waals surface area contributed by atoms with Crippen molar-refractivity contribution in [2.75, 3.05) is 22.1 Å². The minimum atomic E-state index is -0.642. The molecule has 0 spiro atoms. The van der Waals surface area contributed by atoms with Crippen molar-refractivity contribution >= 4 is 46.1 Å². The minimum absolute atomic E-state index is 0.0127. The number of hydrogen-bond donors (Lipinski definition) is 2. The molecule has 0 saturated heterocycles. The molecule has 5 rings (SSSR count). The summed E-state index contributed by atoms with van der Waals surface area (Å²) in [6.07, 6.45) is 7.77. The Balaban J connectivity index is 1.34. The van der Waals surface area contributed by atoms with E-state index in [0.717, 1.165) is 30.3 Å². The lowest BCUT2D eigenvalue weighted by Gasteiger charge is -2.18. The zero-order valence-electron chi connectivity index (χ0n) is 19.8. The van der Waals surface area contributed by atoms with Crippen LogP contribution in [0.25, 0.3) is 11.0 Å². The summed E-state index contributed by atoms with van der Waals surface area (Å²) < 4.78 is 1.91. The number of nitrogens with zero attached hydrogens (tertiary/aromatic N) is 3. The number of para-hydroxylation sites is 2. The summed E-state index contributed by atoms with van der Waals surface area (Å²) >= 11 is 0. The number of nitrogens with one attached hydrogen (secondary N) is 2. The van der Waals surface area contributed by atoms with E-state index in [0.29, 0.717) is 23.9 Å². The van der Waals surface area contributed by atoms with Crippen molar-refractivity contribution in [3.05, 3.63) is 60.2 Å². The number of carbonyl (C=O) groups is 3. The van der Waals surface area contributed by atoms with E-state index < -0.39 is 6.04 Å². The summed E-state index contributed by atoms with van der Waals surface area (Å²) in [5.74, 6) is 0.112. The molecule has 2 aliphatic rings. The van der Waals surface area contributed by atoms with Crippen LogP contribution in [0.3, 0.4) is 0 Å². The molecular formula is C27H29N5O3. The molecule has 0 bridgehead atoms. The van der Waals surface area contributed by atoms with Crippen LogP contribution >= 0.6 is 0 Å². The Bertz CT molecular complexity index is 1310. The van der Waals surface area contributed by atoms with Crippen LogP contribution in [-0.4, -0.2) is 33.8 Å². The molecule has 0 saturated carbocycles. The molecule has 3 amide bonds. The van der Waals surface area contributed by atoms with Gasteiger partial charge in [0.2, 0.25) is 17.8 Å². The molecule has 1 unspecified atom stereocenters. The third-order valence-corrected chi connectivity index (χ3v) is 6.59. The smallest absolute Gasteiger partial charge is 0.253 e. The lowest BCUT2D eigenvalue weighted by molar-refractivity contribution is -0.124. The minimum Gasteiger partial charge on any atom is -0.326 e. The average Bonchev–Trinajstić information content (AvgIpc) is 3.34. The van der Waals surface area contributed by atoms with Crippen molar-refractivity contribution in [1.82, 2.24) is 9.55 Å². The fourth-order valence-electron chi connectivity index (χ4n) is 4.92. The lowest BCUT2D eigenvalue weighted by Crippen LogP contribution is -2.32. The van der Waals surface area contributed by atoms with Gasteiger partial charge in [-0.2, -0.15) is 0 Å². The fraction of sp³-hybridized carbons (Fsp3) is 0.333. The number of allylic oxidation sites excluding steroid dienone is 1. The highest BCUT2D eigenvalue weighted by atomic mass is 16.2. The summed E-state index contributed by atoms with van der Waals surface area (Å²) in [5.41, 5.74) is 4.32. The molecule has 1 aliphatic carbocycles. The van der Waals surface area contributed by atoms with E-state index >= 15 is 0 Å². The first-order valence-corrected chi connectivity index (χ1v) is 12.1. The highest BCUT2D eigenvalue weighted by Crippen LogP contribution is 2.37. The maximum Gasteiger partial charge on any atom is 0.253 e. The third-order valence-electron chi connectivity index (χ3n) is 6.59. The number of carbonyl (C=O) groups excluding carboxylic acids is 3. The van der Waals surface area contributed by atoms with Crippen molar-refractivity contribution in [1.29, 1.82) is 0 Å². The van der Waals surface area contributed by atoms with Crippen molar-refractivity contribution in [3.63, 3.8) is 0 Å². The Morgan fingerprint density at radius 1 is 1.03 bits per heavy atom.